The third-order valence-corrected chi connectivity index (χ3v) is 3.07. The Morgan fingerprint density at radius 1 is 1.31 bits per heavy atom. The first-order valence-corrected chi connectivity index (χ1v) is 5.93. The van der Waals surface area contributed by atoms with Crippen molar-refractivity contribution in [2.75, 3.05) is 7.05 Å². The summed E-state index contributed by atoms with van der Waals surface area (Å²) < 4.78 is 3.20. The molecular weight excluding hydrogens is 266 g/mol. The molecule has 2 rings (SSSR count). The molecule has 0 fully saturated rings. The van der Waals surface area contributed by atoms with Crippen LogP contribution in [0.4, 0.5) is 0 Å². The zero-order valence-electron chi connectivity index (χ0n) is 9.37. The van der Waals surface area contributed by atoms with Crippen molar-refractivity contribution in [1.29, 1.82) is 0 Å². The number of hydrogen-bond acceptors (Lipinski definition) is 2. The van der Waals surface area contributed by atoms with E-state index in [4.69, 9.17) is 0 Å². The van der Waals surface area contributed by atoms with Crippen molar-refractivity contribution in [1.82, 2.24) is 14.9 Å². The SMILES string of the molecule is CNCc1cnc(-c2ccc(Br)cc2)n1C. The maximum atomic E-state index is 4.44. The van der Waals surface area contributed by atoms with Crippen LogP contribution in [0.15, 0.2) is 34.9 Å². The van der Waals surface area contributed by atoms with Crippen molar-refractivity contribution in [3.63, 3.8) is 0 Å². The van der Waals surface area contributed by atoms with Crippen molar-refractivity contribution in [3.05, 3.63) is 40.6 Å². The number of benzene rings is 1. The maximum absolute atomic E-state index is 4.44. The largest absolute Gasteiger partial charge is 0.330 e. The summed E-state index contributed by atoms with van der Waals surface area (Å²) in [7, 11) is 3.98. The molecule has 0 aliphatic carbocycles. The van der Waals surface area contributed by atoms with Gasteiger partial charge in [0.2, 0.25) is 0 Å². The number of aromatic nitrogens is 2. The molecule has 1 heterocycles. The van der Waals surface area contributed by atoms with E-state index in [1.165, 1.54) is 5.69 Å². The van der Waals surface area contributed by atoms with Gasteiger partial charge in [-0.05, 0) is 19.2 Å². The summed E-state index contributed by atoms with van der Waals surface area (Å²) in [5, 5.41) is 3.13. The van der Waals surface area contributed by atoms with Crippen LogP contribution in [0.25, 0.3) is 11.4 Å². The molecule has 0 aliphatic rings. The molecule has 3 nitrogen and oxygen atoms in total. The zero-order chi connectivity index (χ0) is 11.5. The molecule has 0 radical (unpaired) electrons. The molecule has 1 aromatic carbocycles. The van der Waals surface area contributed by atoms with Gasteiger partial charge in [0.15, 0.2) is 0 Å². The Bertz CT molecular complexity index is 474. The quantitative estimate of drug-likeness (QED) is 0.936. The monoisotopic (exact) mass is 279 g/mol. The van der Waals surface area contributed by atoms with E-state index in [9.17, 15) is 0 Å². The van der Waals surface area contributed by atoms with Crippen molar-refractivity contribution < 1.29 is 0 Å². The number of nitrogens with one attached hydrogen (secondary N) is 1. The molecule has 84 valence electrons. The molecule has 4 heteroatoms. The van der Waals surface area contributed by atoms with Crippen LogP contribution in [0, 0.1) is 0 Å². The van der Waals surface area contributed by atoms with Crippen LogP contribution in [0.3, 0.4) is 0 Å². The van der Waals surface area contributed by atoms with Crippen molar-refractivity contribution in [2.45, 2.75) is 6.54 Å². The van der Waals surface area contributed by atoms with Crippen LogP contribution in [-0.2, 0) is 13.6 Å². The lowest BCUT2D eigenvalue weighted by molar-refractivity contribution is 0.737. The topological polar surface area (TPSA) is 29.9 Å². The van der Waals surface area contributed by atoms with E-state index >= 15 is 0 Å². The predicted molar refractivity (Wildman–Crippen MR) is 69.1 cm³/mol. The summed E-state index contributed by atoms with van der Waals surface area (Å²) in [5.41, 5.74) is 2.31. The maximum Gasteiger partial charge on any atom is 0.139 e. The second-order valence-corrected chi connectivity index (χ2v) is 4.59. The number of rotatable bonds is 3. The predicted octanol–water partition coefficient (Wildman–Crippen LogP) is 2.57. The molecule has 2 aromatic rings. The number of halogens is 1. The minimum absolute atomic E-state index is 0.833. The van der Waals surface area contributed by atoms with E-state index in [1.807, 2.05) is 32.4 Å². The van der Waals surface area contributed by atoms with Gasteiger partial charge in [0.25, 0.3) is 0 Å². The number of hydrogen-bond donors (Lipinski definition) is 1. The lowest BCUT2D eigenvalue weighted by atomic mass is 10.2. The van der Waals surface area contributed by atoms with Crippen LogP contribution in [0.1, 0.15) is 5.69 Å². The van der Waals surface area contributed by atoms with Crippen LogP contribution >= 0.6 is 15.9 Å². The van der Waals surface area contributed by atoms with Crippen molar-refractivity contribution in [2.24, 2.45) is 7.05 Å². The van der Waals surface area contributed by atoms with Gasteiger partial charge in [0, 0.05) is 23.6 Å². The summed E-state index contributed by atoms with van der Waals surface area (Å²) in [6.45, 7) is 0.833. The molecule has 0 unspecified atom stereocenters. The van der Waals surface area contributed by atoms with Crippen LogP contribution < -0.4 is 5.32 Å². The first kappa shape index (κ1) is 11.4. The van der Waals surface area contributed by atoms with E-state index in [-0.39, 0.29) is 0 Å². The molecule has 0 atom stereocenters. The van der Waals surface area contributed by atoms with Crippen molar-refractivity contribution >= 4 is 15.9 Å². The van der Waals surface area contributed by atoms with E-state index in [0.717, 1.165) is 22.4 Å². The summed E-state index contributed by atoms with van der Waals surface area (Å²) in [5.74, 6) is 0.998. The van der Waals surface area contributed by atoms with Gasteiger partial charge in [-0.15, -0.1) is 0 Å². The molecule has 16 heavy (non-hydrogen) atoms. The normalized spacial score (nSPS) is 10.7. The number of imidazole rings is 1. The van der Waals surface area contributed by atoms with Gasteiger partial charge < -0.3 is 9.88 Å². The fraction of sp³-hybridized carbons (Fsp3) is 0.250. The van der Waals surface area contributed by atoms with Crippen LogP contribution in [0.2, 0.25) is 0 Å². The molecule has 0 saturated carbocycles. The van der Waals surface area contributed by atoms with E-state index in [2.05, 4.69) is 42.9 Å². The van der Waals surface area contributed by atoms with Gasteiger partial charge in [-0.25, -0.2) is 4.98 Å². The Kier molecular flexibility index (Phi) is 3.41. The molecule has 1 aromatic heterocycles. The summed E-state index contributed by atoms with van der Waals surface area (Å²) in [6, 6.07) is 8.19. The first-order valence-electron chi connectivity index (χ1n) is 5.13. The summed E-state index contributed by atoms with van der Waals surface area (Å²) in [4.78, 5) is 4.44. The molecule has 0 aliphatic heterocycles. The van der Waals surface area contributed by atoms with Crippen LogP contribution in [-0.4, -0.2) is 16.6 Å². The summed E-state index contributed by atoms with van der Waals surface area (Å²) in [6.07, 6.45) is 1.91. The van der Waals surface area contributed by atoms with Crippen molar-refractivity contribution in [3.8, 4) is 11.4 Å². The van der Waals surface area contributed by atoms with Gasteiger partial charge >= 0.3 is 0 Å². The highest BCUT2D eigenvalue weighted by molar-refractivity contribution is 9.10. The highest BCUT2D eigenvalue weighted by atomic mass is 79.9. The molecule has 1 N–H and O–H groups in total. The molecule has 0 saturated heterocycles. The van der Waals surface area contributed by atoms with Gasteiger partial charge in [-0.2, -0.15) is 0 Å². The minimum Gasteiger partial charge on any atom is -0.330 e. The Labute approximate surface area is 104 Å². The fourth-order valence-corrected chi connectivity index (χ4v) is 1.92. The second-order valence-electron chi connectivity index (χ2n) is 3.67. The molecule has 0 spiro atoms. The average molecular weight is 280 g/mol. The van der Waals surface area contributed by atoms with E-state index in [1.54, 1.807) is 0 Å². The molecular formula is C12H14BrN3. The Morgan fingerprint density at radius 3 is 2.62 bits per heavy atom. The summed E-state index contributed by atoms with van der Waals surface area (Å²) >= 11 is 3.43. The molecule has 0 amide bonds. The van der Waals surface area contributed by atoms with Gasteiger partial charge in [0.1, 0.15) is 5.82 Å². The fourth-order valence-electron chi connectivity index (χ4n) is 1.66. The Balaban J connectivity index is 2.37. The van der Waals surface area contributed by atoms with E-state index in [0.29, 0.717) is 0 Å². The average Bonchev–Trinajstić information content (AvgIpc) is 2.63. The van der Waals surface area contributed by atoms with Gasteiger partial charge in [-0.1, -0.05) is 28.1 Å². The van der Waals surface area contributed by atoms with Gasteiger partial charge in [0.05, 0.1) is 11.9 Å². The van der Waals surface area contributed by atoms with E-state index < -0.39 is 0 Å². The van der Waals surface area contributed by atoms with Crippen LogP contribution in [0.5, 0.6) is 0 Å². The zero-order valence-corrected chi connectivity index (χ0v) is 11.0. The molecule has 0 bridgehead atoms. The standard InChI is InChI=1S/C12H14BrN3/c1-14-7-11-8-15-12(16(11)2)9-3-5-10(13)6-4-9/h3-6,8,14H,7H2,1-2H3. The van der Waals surface area contributed by atoms with Gasteiger partial charge in [-0.3, -0.25) is 0 Å². The smallest absolute Gasteiger partial charge is 0.139 e. The third kappa shape index (κ3) is 2.18. The third-order valence-electron chi connectivity index (χ3n) is 2.54. The highest BCUT2D eigenvalue weighted by Crippen LogP contribution is 2.20. The minimum atomic E-state index is 0.833. The highest BCUT2D eigenvalue weighted by Gasteiger charge is 2.07. The lowest BCUT2D eigenvalue weighted by Gasteiger charge is -2.05. The first-order chi connectivity index (χ1) is 7.72. The second kappa shape index (κ2) is 4.80. The number of nitrogens with zero attached hydrogens (tertiary/aromatic N) is 2. The lowest BCUT2D eigenvalue weighted by Crippen LogP contribution is -2.09. The Morgan fingerprint density at radius 2 is 2.00 bits per heavy atom. The Hall–Kier alpha value is -1.13.